The second-order valence-electron chi connectivity index (χ2n) is 5.83. The summed E-state index contributed by atoms with van der Waals surface area (Å²) >= 11 is 0. The summed E-state index contributed by atoms with van der Waals surface area (Å²) in [7, 11) is 0. The molecule has 1 heterocycles. The molecule has 0 saturated carbocycles. The predicted octanol–water partition coefficient (Wildman–Crippen LogP) is 2.08. The third-order valence-electron chi connectivity index (χ3n) is 3.99. The molecule has 19 heavy (non-hydrogen) atoms. The Kier molecular flexibility index (Phi) is 7.39. The van der Waals surface area contributed by atoms with Crippen LogP contribution in [0, 0.1) is 5.92 Å². The highest BCUT2D eigenvalue weighted by atomic mass is 16.5. The SMILES string of the molecule is CCCC(C)NC(=O)C(C)NC(C)C1CCOCC1. The normalized spacial score (nSPS) is 21.7. The topological polar surface area (TPSA) is 50.4 Å². The van der Waals surface area contributed by atoms with Gasteiger partial charge in [0.05, 0.1) is 6.04 Å². The maximum atomic E-state index is 12.0. The molecule has 1 saturated heterocycles. The van der Waals surface area contributed by atoms with Gasteiger partial charge in [-0.15, -0.1) is 0 Å². The van der Waals surface area contributed by atoms with Crippen LogP contribution >= 0.6 is 0 Å². The molecule has 1 amide bonds. The van der Waals surface area contributed by atoms with Gasteiger partial charge in [-0.3, -0.25) is 4.79 Å². The minimum Gasteiger partial charge on any atom is -0.381 e. The number of nitrogens with one attached hydrogen (secondary N) is 2. The van der Waals surface area contributed by atoms with Crippen LogP contribution in [0.1, 0.15) is 53.4 Å². The lowest BCUT2D eigenvalue weighted by Crippen LogP contribution is -2.50. The summed E-state index contributed by atoms with van der Waals surface area (Å²) in [5.41, 5.74) is 0. The third-order valence-corrected chi connectivity index (χ3v) is 3.99. The fraction of sp³-hybridized carbons (Fsp3) is 0.933. The zero-order valence-electron chi connectivity index (χ0n) is 12.9. The Balaban J connectivity index is 2.31. The molecule has 2 N–H and O–H groups in total. The van der Waals surface area contributed by atoms with Crippen LogP contribution in [0.3, 0.4) is 0 Å². The van der Waals surface area contributed by atoms with E-state index in [2.05, 4.69) is 31.4 Å². The summed E-state index contributed by atoms with van der Waals surface area (Å²) in [6.45, 7) is 10.0. The van der Waals surface area contributed by atoms with Crippen LogP contribution in [0.5, 0.6) is 0 Å². The van der Waals surface area contributed by atoms with Gasteiger partial charge >= 0.3 is 0 Å². The van der Waals surface area contributed by atoms with Crippen molar-refractivity contribution in [1.82, 2.24) is 10.6 Å². The van der Waals surface area contributed by atoms with Gasteiger partial charge in [0, 0.05) is 25.3 Å². The number of hydrogen-bond acceptors (Lipinski definition) is 3. The maximum absolute atomic E-state index is 12.0. The van der Waals surface area contributed by atoms with Crippen molar-refractivity contribution in [3.05, 3.63) is 0 Å². The average Bonchev–Trinajstić information content (AvgIpc) is 2.39. The summed E-state index contributed by atoms with van der Waals surface area (Å²) in [5, 5.41) is 6.49. The second-order valence-corrected chi connectivity index (χ2v) is 5.83. The lowest BCUT2D eigenvalue weighted by Gasteiger charge is -2.30. The average molecular weight is 270 g/mol. The number of hydrogen-bond donors (Lipinski definition) is 2. The van der Waals surface area contributed by atoms with Crippen molar-refractivity contribution >= 4 is 5.91 Å². The molecule has 0 aromatic rings. The molecule has 3 unspecified atom stereocenters. The van der Waals surface area contributed by atoms with Gasteiger partial charge in [0.1, 0.15) is 0 Å². The molecular weight excluding hydrogens is 240 g/mol. The Morgan fingerprint density at radius 1 is 1.26 bits per heavy atom. The van der Waals surface area contributed by atoms with Gasteiger partial charge in [-0.2, -0.15) is 0 Å². The van der Waals surface area contributed by atoms with Gasteiger partial charge in [0.25, 0.3) is 0 Å². The summed E-state index contributed by atoms with van der Waals surface area (Å²) in [4.78, 5) is 12.0. The third kappa shape index (κ3) is 5.91. The summed E-state index contributed by atoms with van der Waals surface area (Å²) in [5.74, 6) is 0.733. The molecule has 1 aliphatic rings. The molecule has 1 fully saturated rings. The van der Waals surface area contributed by atoms with E-state index in [0.717, 1.165) is 38.9 Å². The molecule has 0 bridgehead atoms. The van der Waals surface area contributed by atoms with Crippen LogP contribution in [0.2, 0.25) is 0 Å². The Morgan fingerprint density at radius 3 is 2.47 bits per heavy atom. The van der Waals surface area contributed by atoms with Crippen molar-refractivity contribution in [3.8, 4) is 0 Å². The van der Waals surface area contributed by atoms with Gasteiger partial charge < -0.3 is 15.4 Å². The molecule has 4 nitrogen and oxygen atoms in total. The predicted molar refractivity (Wildman–Crippen MR) is 78.1 cm³/mol. The molecule has 0 spiro atoms. The Labute approximate surface area is 117 Å². The highest BCUT2D eigenvalue weighted by Gasteiger charge is 2.24. The van der Waals surface area contributed by atoms with E-state index in [4.69, 9.17) is 4.74 Å². The molecule has 0 radical (unpaired) electrons. The molecule has 0 aromatic heterocycles. The molecule has 0 aliphatic carbocycles. The van der Waals surface area contributed by atoms with E-state index in [9.17, 15) is 4.79 Å². The van der Waals surface area contributed by atoms with Crippen molar-refractivity contribution in [3.63, 3.8) is 0 Å². The van der Waals surface area contributed by atoms with Gasteiger partial charge in [-0.05, 0) is 46.0 Å². The molecule has 1 rings (SSSR count). The molecular formula is C15H30N2O2. The second kappa shape index (κ2) is 8.54. The largest absolute Gasteiger partial charge is 0.381 e. The Morgan fingerprint density at radius 2 is 1.89 bits per heavy atom. The van der Waals surface area contributed by atoms with E-state index in [1.54, 1.807) is 0 Å². The monoisotopic (exact) mass is 270 g/mol. The van der Waals surface area contributed by atoms with Crippen LogP contribution in [-0.4, -0.2) is 37.2 Å². The van der Waals surface area contributed by atoms with Gasteiger partial charge in [0.2, 0.25) is 5.91 Å². The lowest BCUT2D eigenvalue weighted by molar-refractivity contribution is -0.123. The molecule has 3 atom stereocenters. The maximum Gasteiger partial charge on any atom is 0.237 e. The van der Waals surface area contributed by atoms with E-state index in [1.807, 2.05) is 6.92 Å². The lowest BCUT2D eigenvalue weighted by atomic mass is 9.92. The Bertz CT molecular complexity index is 265. The summed E-state index contributed by atoms with van der Waals surface area (Å²) < 4.78 is 5.37. The van der Waals surface area contributed by atoms with Crippen molar-refractivity contribution in [1.29, 1.82) is 0 Å². The van der Waals surface area contributed by atoms with E-state index >= 15 is 0 Å². The first-order valence-corrected chi connectivity index (χ1v) is 7.68. The molecule has 0 aromatic carbocycles. The molecule has 112 valence electrons. The minimum atomic E-state index is -0.128. The fourth-order valence-corrected chi connectivity index (χ4v) is 2.69. The van der Waals surface area contributed by atoms with Crippen molar-refractivity contribution in [2.45, 2.75) is 71.5 Å². The van der Waals surface area contributed by atoms with Crippen LogP contribution in [0.15, 0.2) is 0 Å². The molecule has 4 heteroatoms. The van der Waals surface area contributed by atoms with Crippen LogP contribution in [0.25, 0.3) is 0 Å². The summed E-state index contributed by atoms with van der Waals surface area (Å²) in [6, 6.07) is 0.503. The fourth-order valence-electron chi connectivity index (χ4n) is 2.69. The highest BCUT2D eigenvalue weighted by Crippen LogP contribution is 2.18. The van der Waals surface area contributed by atoms with Crippen LogP contribution in [-0.2, 0) is 9.53 Å². The van der Waals surface area contributed by atoms with Crippen molar-refractivity contribution in [2.75, 3.05) is 13.2 Å². The van der Waals surface area contributed by atoms with Gasteiger partial charge in [0.15, 0.2) is 0 Å². The number of ether oxygens (including phenoxy) is 1. The van der Waals surface area contributed by atoms with E-state index in [1.165, 1.54) is 0 Å². The zero-order chi connectivity index (χ0) is 14.3. The van der Waals surface area contributed by atoms with E-state index in [-0.39, 0.29) is 18.0 Å². The quantitative estimate of drug-likeness (QED) is 0.745. The first kappa shape index (κ1) is 16.4. The van der Waals surface area contributed by atoms with E-state index in [0.29, 0.717) is 12.0 Å². The van der Waals surface area contributed by atoms with Crippen molar-refractivity contribution < 1.29 is 9.53 Å². The highest BCUT2D eigenvalue weighted by molar-refractivity contribution is 5.81. The standard InChI is InChI=1S/C15H30N2O2/c1-5-6-11(2)16-15(18)13(4)17-12(3)14-7-9-19-10-8-14/h11-14,17H,5-10H2,1-4H3,(H,16,18). The number of carbonyl (C=O) groups is 1. The molecule has 1 aliphatic heterocycles. The Hall–Kier alpha value is -0.610. The number of amides is 1. The van der Waals surface area contributed by atoms with Gasteiger partial charge in [-0.25, -0.2) is 0 Å². The minimum absolute atomic E-state index is 0.111. The number of carbonyl (C=O) groups excluding carboxylic acids is 1. The first-order chi connectivity index (χ1) is 9.04. The van der Waals surface area contributed by atoms with E-state index < -0.39 is 0 Å². The van der Waals surface area contributed by atoms with Crippen LogP contribution < -0.4 is 10.6 Å². The number of rotatable bonds is 7. The van der Waals surface area contributed by atoms with Crippen molar-refractivity contribution in [2.24, 2.45) is 5.92 Å². The summed E-state index contributed by atoms with van der Waals surface area (Å²) in [6.07, 6.45) is 4.32. The van der Waals surface area contributed by atoms with Gasteiger partial charge in [-0.1, -0.05) is 13.3 Å². The zero-order valence-corrected chi connectivity index (χ0v) is 12.9. The van der Waals surface area contributed by atoms with Crippen LogP contribution in [0.4, 0.5) is 0 Å². The first-order valence-electron chi connectivity index (χ1n) is 7.68. The smallest absolute Gasteiger partial charge is 0.237 e.